The average molecular weight is 306 g/mol. The van der Waals surface area contributed by atoms with Gasteiger partial charge in [0.05, 0.1) is 11.6 Å². The number of halogens is 1. The van der Waals surface area contributed by atoms with E-state index in [2.05, 4.69) is 12.2 Å². The lowest BCUT2D eigenvalue weighted by Gasteiger charge is -2.10. The Morgan fingerprint density at radius 3 is 2.33 bits per heavy atom. The van der Waals surface area contributed by atoms with Crippen molar-refractivity contribution in [3.05, 3.63) is 64.2 Å². The van der Waals surface area contributed by atoms with E-state index in [-0.39, 0.29) is 6.61 Å². The number of aliphatic hydroxyl groups excluding tert-OH is 1. The van der Waals surface area contributed by atoms with Crippen LogP contribution < -0.4 is 10.1 Å². The van der Waals surface area contributed by atoms with E-state index in [1.165, 1.54) is 0 Å². The van der Waals surface area contributed by atoms with Gasteiger partial charge in [-0.05, 0) is 35.4 Å². The molecule has 0 aromatic heterocycles. The van der Waals surface area contributed by atoms with Crippen molar-refractivity contribution in [2.45, 2.75) is 26.7 Å². The molecule has 21 heavy (non-hydrogen) atoms. The summed E-state index contributed by atoms with van der Waals surface area (Å²) >= 11 is 6.24. The lowest BCUT2D eigenvalue weighted by molar-refractivity contribution is 0.281. The van der Waals surface area contributed by atoms with E-state index in [1.54, 1.807) is 0 Å². The van der Waals surface area contributed by atoms with Crippen LogP contribution >= 0.6 is 11.6 Å². The highest BCUT2D eigenvalue weighted by atomic mass is 35.5. The molecule has 3 nitrogen and oxygen atoms in total. The maximum atomic E-state index is 9.01. The number of benzene rings is 2. The molecular formula is C17H20ClNO2. The first kappa shape index (κ1) is 15.8. The van der Waals surface area contributed by atoms with E-state index < -0.39 is 0 Å². The molecule has 0 amide bonds. The SMILES string of the molecule is CCNCc1ccc(OCc2ccc(CO)cc2)c(Cl)c1. The van der Waals surface area contributed by atoms with E-state index in [0.29, 0.717) is 17.4 Å². The van der Waals surface area contributed by atoms with E-state index in [1.807, 2.05) is 42.5 Å². The standard InChI is InChI=1S/C17H20ClNO2/c1-2-19-10-15-7-8-17(16(18)9-15)21-12-14-5-3-13(11-20)4-6-14/h3-9,19-20H,2,10-12H2,1H3. The Bertz CT molecular complexity index is 570. The molecule has 0 aliphatic carbocycles. The van der Waals surface area contributed by atoms with E-state index in [9.17, 15) is 0 Å². The Balaban J connectivity index is 1.95. The molecule has 0 aliphatic heterocycles. The number of rotatable bonds is 7. The van der Waals surface area contributed by atoms with Crippen LogP contribution in [0.5, 0.6) is 5.75 Å². The Morgan fingerprint density at radius 1 is 1.05 bits per heavy atom. The molecule has 4 heteroatoms. The van der Waals surface area contributed by atoms with Gasteiger partial charge in [-0.15, -0.1) is 0 Å². The topological polar surface area (TPSA) is 41.5 Å². The van der Waals surface area contributed by atoms with Gasteiger partial charge in [-0.3, -0.25) is 0 Å². The minimum absolute atomic E-state index is 0.0558. The number of aliphatic hydroxyl groups is 1. The molecule has 0 aliphatic rings. The van der Waals surface area contributed by atoms with Gasteiger partial charge in [-0.25, -0.2) is 0 Å². The summed E-state index contributed by atoms with van der Waals surface area (Å²) in [5.41, 5.74) is 3.08. The van der Waals surface area contributed by atoms with Gasteiger partial charge >= 0.3 is 0 Å². The Labute approximate surface area is 130 Å². The summed E-state index contributed by atoms with van der Waals surface area (Å²) in [5, 5.41) is 12.9. The first-order valence-corrected chi connectivity index (χ1v) is 7.41. The molecule has 112 valence electrons. The summed E-state index contributed by atoms with van der Waals surface area (Å²) in [5.74, 6) is 0.683. The van der Waals surface area contributed by atoms with Crippen molar-refractivity contribution in [3.8, 4) is 5.75 Å². The van der Waals surface area contributed by atoms with Gasteiger partial charge in [0.25, 0.3) is 0 Å². The maximum absolute atomic E-state index is 9.01. The highest BCUT2D eigenvalue weighted by molar-refractivity contribution is 6.32. The van der Waals surface area contributed by atoms with Crippen LogP contribution in [-0.2, 0) is 19.8 Å². The molecular weight excluding hydrogens is 286 g/mol. The molecule has 0 unspecified atom stereocenters. The van der Waals surface area contributed by atoms with Crippen molar-refractivity contribution in [2.24, 2.45) is 0 Å². The van der Waals surface area contributed by atoms with E-state index >= 15 is 0 Å². The predicted octanol–water partition coefficient (Wildman–Crippen LogP) is 3.52. The highest BCUT2D eigenvalue weighted by Gasteiger charge is 2.04. The van der Waals surface area contributed by atoms with Gasteiger partial charge in [0, 0.05) is 6.54 Å². The minimum atomic E-state index is 0.0558. The Kier molecular flexibility index (Phi) is 6.05. The van der Waals surface area contributed by atoms with Crippen molar-refractivity contribution in [1.29, 1.82) is 0 Å². The summed E-state index contributed by atoms with van der Waals surface area (Å²) in [6, 6.07) is 13.5. The fourth-order valence-corrected chi connectivity index (χ4v) is 2.20. The minimum Gasteiger partial charge on any atom is -0.487 e. The second-order valence-corrected chi connectivity index (χ2v) is 5.22. The Morgan fingerprint density at radius 2 is 1.71 bits per heavy atom. The van der Waals surface area contributed by atoms with Crippen LogP contribution in [0.3, 0.4) is 0 Å². The average Bonchev–Trinajstić information content (AvgIpc) is 2.52. The third kappa shape index (κ3) is 4.74. The summed E-state index contributed by atoms with van der Waals surface area (Å²) in [4.78, 5) is 0. The second kappa shape index (κ2) is 8.03. The number of ether oxygens (including phenoxy) is 1. The van der Waals surface area contributed by atoms with Gasteiger partial charge in [0.15, 0.2) is 0 Å². The van der Waals surface area contributed by atoms with Crippen LogP contribution in [0.1, 0.15) is 23.6 Å². The van der Waals surface area contributed by atoms with Crippen LogP contribution in [0.25, 0.3) is 0 Å². The molecule has 0 fully saturated rings. The zero-order valence-corrected chi connectivity index (χ0v) is 12.9. The predicted molar refractivity (Wildman–Crippen MR) is 85.5 cm³/mol. The summed E-state index contributed by atoms with van der Waals surface area (Å²) < 4.78 is 5.74. The summed E-state index contributed by atoms with van der Waals surface area (Å²) in [6.07, 6.45) is 0. The molecule has 0 saturated heterocycles. The molecule has 0 spiro atoms. The summed E-state index contributed by atoms with van der Waals surface area (Å²) in [7, 11) is 0. The zero-order chi connectivity index (χ0) is 15.1. The van der Waals surface area contributed by atoms with Gasteiger partial charge in [-0.2, -0.15) is 0 Å². The van der Waals surface area contributed by atoms with Crippen LogP contribution in [0.15, 0.2) is 42.5 Å². The number of nitrogens with one attached hydrogen (secondary N) is 1. The second-order valence-electron chi connectivity index (χ2n) is 4.81. The van der Waals surface area contributed by atoms with Crippen LogP contribution in [0, 0.1) is 0 Å². The number of hydrogen-bond acceptors (Lipinski definition) is 3. The third-order valence-corrected chi connectivity index (χ3v) is 3.47. The lowest BCUT2D eigenvalue weighted by atomic mass is 10.1. The molecule has 2 aromatic carbocycles. The molecule has 2 rings (SSSR count). The fraction of sp³-hybridized carbons (Fsp3) is 0.294. The van der Waals surface area contributed by atoms with Gasteiger partial charge < -0.3 is 15.2 Å². The third-order valence-electron chi connectivity index (χ3n) is 3.18. The monoisotopic (exact) mass is 305 g/mol. The lowest BCUT2D eigenvalue weighted by Crippen LogP contribution is -2.11. The van der Waals surface area contributed by atoms with Crippen LogP contribution in [0.4, 0.5) is 0 Å². The first-order valence-electron chi connectivity index (χ1n) is 7.03. The van der Waals surface area contributed by atoms with Crippen molar-refractivity contribution in [2.75, 3.05) is 6.54 Å². The molecule has 0 saturated carbocycles. The van der Waals surface area contributed by atoms with Crippen molar-refractivity contribution < 1.29 is 9.84 Å². The van der Waals surface area contributed by atoms with Crippen molar-refractivity contribution >= 4 is 11.6 Å². The fourth-order valence-electron chi connectivity index (χ4n) is 1.94. The maximum Gasteiger partial charge on any atom is 0.138 e. The Hall–Kier alpha value is -1.55. The van der Waals surface area contributed by atoms with E-state index in [4.69, 9.17) is 21.4 Å². The molecule has 0 atom stereocenters. The smallest absolute Gasteiger partial charge is 0.138 e. The molecule has 0 radical (unpaired) electrons. The van der Waals surface area contributed by atoms with Crippen LogP contribution in [0.2, 0.25) is 5.02 Å². The van der Waals surface area contributed by atoms with Gasteiger partial charge in [-0.1, -0.05) is 48.9 Å². The van der Waals surface area contributed by atoms with Crippen molar-refractivity contribution in [3.63, 3.8) is 0 Å². The largest absolute Gasteiger partial charge is 0.487 e. The molecule has 2 N–H and O–H groups in total. The first-order chi connectivity index (χ1) is 10.2. The van der Waals surface area contributed by atoms with Crippen molar-refractivity contribution in [1.82, 2.24) is 5.32 Å². The van der Waals surface area contributed by atoms with Gasteiger partial charge in [0.2, 0.25) is 0 Å². The van der Waals surface area contributed by atoms with Crippen LogP contribution in [-0.4, -0.2) is 11.7 Å². The van der Waals surface area contributed by atoms with E-state index in [0.717, 1.165) is 29.8 Å². The van der Waals surface area contributed by atoms with Gasteiger partial charge in [0.1, 0.15) is 12.4 Å². The molecule has 0 heterocycles. The molecule has 2 aromatic rings. The number of hydrogen-bond donors (Lipinski definition) is 2. The highest BCUT2D eigenvalue weighted by Crippen LogP contribution is 2.26. The zero-order valence-electron chi connectivity index (χ0n) is 12.1. The quantitative estimate of drug-likeness (QED) is 0.822. The molecule has 0 bridgehead atoms. The normalized spacial score (nSPS) is 10.6. The summed E-state index contributed by atoms with van der Waals surface area (Å²) in [6.45, 7) is 4.32.